The SMILES string of the molecule is CC(C)CC(C)Nc1c(N[C@@H](Cc2ccc(Nc3nccc4ccccc34)cc2)C(=O)O)c(=O)c1=O. The van der Waals surface area contributed by atoms with Gasteiger partial charge < -0.3 is 21.1 Å². The zero-order valence-corrected chi connectivity index (χ0v) is 20.5. The van der Waals surface area contributed by atoms with E-state index in [1.165, 1.54) is 0 Å². The number of aromatic nitrogens is 1. The van der Waals surface area contributed by atoms with E-state index < -0.39 is 22.9 Å². The molecule has 1 heterocycles. The first-order valence-corrected chi connectivity index (χ1v) is 12.0. The molecule has 8 heteroatoms. The molecule has 0 spiro atoms. The topological polar surface area (TPSA) is 120 Å². The van der Waals surface area contributed by atoms with Crippen molar-refractivity contribution in [1.82, 2.24) is 4.98 Å². The maximum atomic E-state index is 12.2. The number of pyridine rings is 1. The second-order valence-electron chi connectivity index (χ2n) is 9.53. The van der Waals surface area contributed by atoms with Crippen molar-refractivity contribution in [2.45, 2.75) is 45.7 Å². The highest BCUT2D eigenvalue weighted by atomic mass is 16.4. The third-order valence-electron chi connectivity index (χ3n) is 6.07. The molecule has 3 aromatic carbocycles. The van der Waals surface area contributed by atoms with Crippen LogP contribution in [0, 0.1) is 5.92 Å². The number of carboxylic acid groups (broad SMARTS) is 1. The van der Waals surface area contributed by atoms with Crippen molar-refractivity contribution in [3.63, 3.8) is 0 Å². The molecule has 0 bridgehead atoms. The highest BCUT2D eigenvalue weighted by Crippen LogP contribution is 2.25. The number of anilines is 4. The van der Waals surface area contributed by atoms with Crippen LogP contribution in [0.1, 0.15) is 32.8 Å². The standard InChI is InChI=1S/C28H30N4O4/c1-16(2)14-17(3)30-23-24(26(34)25(23)33)32-22(28(35)36)15-18-8-10-20(11-9-18)31-27-21-7-5-4-6-19(21)12-13-29-27/h4-13,16-17,22,30,32H,14-15H2,1-3H3,(H,29,31)(H,35,36)/t17?,22-/m0/s1. The molecule has 0 aliphatic carbocycles. The second-order valence-corrected chi connectivity index (χ2v) is 9.53. The van der Waals surface area contributed by atoms with Gasteiger partial charge in [-0.05, 0) is 48.4 Å². The summed E-state index contributed by atoms with van der Waals surface area (Å²) in [6.45, 7) is 6.07. The lowest BCUT2D eigenvalue weighted by molar-refractivity contribution is -0.137. The lowest BCUT2D eigenvalue weighted by atomic mass is 10.0. The fourth-order valence-electron chi connectivity index (χ4n) is 4.37. The number of rotatable bonds is 11. The van der Waals surface area contributed by atoms with Crippen LogP contribution < -0.4 is 26.8 Å². The van der Waals surface area contributed by atoms with Gasteiger partial charge in [0.1, 0.15) is 23.2 Å². The Morgan fingerprint density at radius 2 is 1.58 bits per heavy atom. The van der Waals surface area contributed by atoms with Gasteiger partial charge in [0.15, 0.2) is 0 Å². The molecular weight excluding hydrogens is 456 g/mol. The first-order chi connectivity index (χ1) is 17.2. The summed E-state index contributed by atoms with van der Waals surface area (Å²) in [6.07, 6.45) is 2.70. The van der Waals surface area contributed by atoms with E-state index in [1.54, 1.807) is 6.20 Å². The molecule has 0 aliphatic rings. The highest BCUT2D eigenvalue weighted by Gasteiger charge is 2.27. The van der Waals surface area contributed by atoms with E-state index >= 15 is 0 Å². The minimum atomic E-state index is -1.11. The average molecular weight is 487 g/mol. The molecule has 0 aliphatic heterocycles. The van der Waals surface area contributed by atoms with Crippen LogP contribution in [-0.2, 0) is 11.2 Å². The van der Waals surface area contributed by atoms with Crippen molar-refractivity contribution >= 4 is 39.6 Å². The van der Waals surface area contributed by atoms with E-state index in [-0.39, 0.29) is 23.8 Å². The first-order valence-electron chi connectivity index (χ1n) is 12.0. The first kappa shape index (κ1) is 24.9. The van der Waals surface area contributed by atoms with Gasteiger partial charge in [-0.15, -0.1) is 0 Å². The fraction of sp³-hybridized carbons (Fsp3) is 0.286. The predicted molar refractivity (Wildman–Crippen MR) is 144 cm³/mol. The molecule has 0 saturated heterocycles. The summed E-state index contributed by atoms with van der Waals surface area (Å²) < 4.78 is 0. The van der Waals surface area contributed by atoms with Crippen LogP contribution >= 0.6 is 0 Å². The van der Waals surface area contributed by atoms with Gasteiger partial charge in [-0.3, -0.25) is 9.59 Å². The molecule has 4 rings (SSSR count). The van der Waals surface area contributed by atoms with Gasteiger partial charge in [-0.2, -0.15) is 0 Å². The van der Waals surface area contributed by atoms with Gasteiger partial charge in [-0.1, -0.05) is 50.2 Å². The van der Waals surface area contributed by atoms with Crippen molar-refractivity contribution in [3.8, 4) is 0 Å². The minimum absolute atomic E-state index is 0.0200. The minimum Gasteiger partial charge on any atom is -0.480 e. The van der Waals surface area contributed by atoms with Gasteiger partial charge in [-0.25, -0.2) is 9.78 Å². The number of benzene rings is 2. The Kier molecular flexibility index (Phi) is 7.33. The van der Waals surface area contributed by atoms with Gasteiger partial charge in [0.2, 0.25) is 0 Å². The van der Waals surface area contributed by atoms with Crippen LogP contribution in [0.15, 0.2) is 70.4 Å². The van der Waals surface area contributed by atoms with Crippen LogP contribution in [0.5, 0.6) is 0 Å². The molecule has 186 valence electrons. The third-order valence-corrected chi connectivity index (χ3v) is 6.07. The largest absolute Gasteiger partial charge is 0.480 e. The third kappa shape index (κ3) is 5.54. The Balaban J connectivity index is 1.45. The van der Waals surface area contributed by atoms with Gasteiger partial charge in [0.05, 0.1) is 0 Å². The molecule has 0 saturated carbocycles. The number of nitrogens with zero attached hydrogens (tertiary/aromatic N) is 1. The van der Waals surface area contributed by atoms with Crippen molar-refractivity contribution in [3.05, 3.63) is 86.8 Å². The fourth-order valence-corrected chi connectivity index (χ4v) is 4.37. The summed E-state index contributed by atoms with van der Waals surface area (Å²) in [4.78, 5) is 40.7. The highest BCUT2D eigenvalue weighted by molar-refractivity contribution is 5.93. The summed E-state index contributed by atoms with van der Waals surface area (Å²) in [5.74, 6) is 0.0418. The van der Waals surface area contributed by atoms with E-state index in [1.807, 2.05) is 61.5 Å². The zero-order chi connectivity index (χ0) is 25.8. The Morgan fingerprint density at radius 3 is 2.25 bits per heavy atom. The number of aliphatic carboxylic acids is 1. The van der Waals surface area contributed by atoms with E-state index in [9.17, 15) is 19.5 Å². The molecule has 1 aromatic heterocycles. The van der Waals surface area contributed by atoms with Crippen LogP contribution in [-0.4, -0.2) is 28.1 Å². The van der Waals surface area contributed by atoms with Crippen molar-refractivity contribution < 1.29 is 9.90 Å². The second kappa shape index (κ2) is 10.6. The summed E-state index contributed by atoms with van der Waals surface area (Å²) in [5, 5.41) is 21.0. The maximum Gasteiger partial charge on any atom is 0.326 e. The van der Waals surface area contributed by atoms with Crippen LogP contribution in [0.4, 0.5) is 22.9 Å². The zero-order valence-electron chi connectivity index (χ0n) is 20.5. The smallest absolute Gasteiger partial charge is 0.326 e. The van der Waals surface area contributed by atoms with Gasteiger partial charge in [0, 0.05) is 29.7 Å². The van der Waals surface area contributed by atoms with Gasteiger partial charge >= 0.3 is 5.97 Å². The Hall–Kier alpha value is -4.20. The van der Waals surface area contributed by atoms with E-state index in [2.05, 4.69) is 34.8 Å². The lowest BCUT2D eigenvalue weighted by Crippen LogP contribution is -2.43. The molecule has 0 radical (unpaired) electrons. The number of hydrogen-bond acceptors (Lipinski definition) is 7. The Labute approximate surface area is 209 Å². The van der Waals surface area contributed by atoms with Crippen LogP contribution in [0.3, 0.4) is 0 Å². The quantitative estimate of drug-likeness (QED) is 0.228. The Morgan fingerprint density at radius 1 is 0.917 bits per heavy atom. The van der Waals surface area contributed by atoms with Crippen molar-refractivity contribution in [2.24, 2.45) is 5.92 Å². The molecule has 1 unspecified atom stereocenters. The molecular formula is C28H30N4O4. The summed E-state index contributed by atoms with van der Waals surface area (Å²) in [6, 6.07) is 16.2. The summed E-state index contributed by atoms with van der Waals surface area (Å²) in [7, 11) is 0. The number of carbonyl (C=O) groups is 1. The summed E-state index contributed by atoms with van der Waals surface area (Å²) in [5.41, 5.74) is 0.491. The molecule has 4 aromatic rings. The lowest BCUT2D eigenvalue weighted by Gasteiger charge is -2.23. The monoisotopic (exact) mass is 486 g/mol. The summed E-state index contributed by atoms with van der Waals surface area (Å²) >= 11 is 0. The molecule has 4 N–H and O–H groups in total. The van der Waals surface area contributed by atoms with E-state index in [0.29, 0.717) is 5.92 Å². The molecule has 0 amide bonds. The molecule has 8 nitrogen and oxygen atoms in total. The van der Waals surface area contributed by atoms with Crippen LogP contribution in [0.25, 0.3) is 10.8 Å². The van der Waals surface area contributed by atoms with E-state index in [4.69, 9.17) is 0 Å². The number of hydrogen-bond donors (Lipinski definition) is 4. The average Bonchev–Trinajstić information content (AvgIpc) is 2.85. The van der Waals surface area contributed by atoms with Gasteiger partial charge in [0.25, 0.3) is 10.9 Å². The van der Waals surface area contributed by atoms with Crippen LogP contribution in [0.2, 0.25) is 0 Å². The number of carboxylic acids is 1. The Bertz CT molecular complexity index is 1430. The van der Waals surface area contributed by atoms with Crippen molar-refractivity contribution in [2.75, 3.05) is 16.0 Å². The predicted octanol–water partition coefficient (Wildman–Crippen LogP) is 4.53. The normalized spacial score (nSPS) is 13.0. The number of nitrogens with one attached hydrogen (secondary N) is 3. The number of fused-ring (bicyclic) bond motifs is 1. The molecule has 2 atom stereocenters. The molecule has 0 fully saturated rings. The molecule has 36 heavy (non-hydrogen) atoms. The van der Waals surface area contributed by atoms with Crippen molar-refractivity contribution in [1.29, 1.82) is 0 Å². The maximum absolute atomic E-state index is 12.2. The van der Waals surface area contributed by atoms with E-state index in [0.717, 1.165) is 34.3 Å².